The van der Waals surface area contributed by atoms with Crippen LogP contribution >= 0.6 is 0 Å². The van der Waals surface area contributed by atoms with E-state index in [1.54, 1.807) is 12.1 Å². The molecule has 0 radical (unpaired) electrons. The van der Waals surface area contributed by atoms with Gasteiger partial charge in [0, 0.05) is 18.7 Å². The third-order valence-corrected chi connectivity index (χ3v) is 4.54. The minimum Gasteiger partial charge on any atom is -0.312 e. The number of alkyl halides is 2. The van der Waals surface area contributed by atoms with Crippen molar-refractivity contribution in [2.75, 3.05) is 6.54 Å². The van der Waals surface area contributed by atoms with Gasteiger partial charge in [-0.3, -0.25) is 0 Å². The summed E-state index contributed by atoms with van der Waals surface area (Å²) in [5.74, 6) is 0.715. The molecule has 0 unspecified atom stereocenters. The zero-order valence-electron chi connectivity index (χ0n) is 13.2. The Hall–Kier alpha value is -0.960. The summed E-state index contributed by atoms with van der Waals surface area (Å²) in [7, 11) is 0. The van der Waals surface area contributed by atoms with Crippen molar-refractivity contribution in [3.8, 4) is 0 Å². The fourth-order valence-electron chi connectivity index (χ4n) is 3.75. The van der Waals surface area contributed by atoms with E-state index in [0.717, 1.165) is 12.1 Å². The molecule has 1 fully saturated rings. The van der Waals surface area contributed by atoms with Crippen LogP contribution in [-0.4, -0.2) is 6.54 Å². The lowest BCUT2D eigenvalue weighted by Crippen LogP contribution is -2.33. The van der Waals surface area contributed by atoms with Gasteiger partial charge >= 0.3 is 0 Å². The summed E-state index contributed by atoms with van der Waals surface area (Å²) in [6, 6.07) is 6.74. The molecule has 1 nitrogen and oxygen atoms in total. The quantitative estimate of drug-likeness (QED) is 0.718. The fourth-order valence-corrected chi connectivity index (χ4v) is 3.75. The molecule has 1 aliphatic carbocycles. The second-order valence-corrected chi connectivity index (χ2v) is 6.95. The molecule has 0 atom stereocenters. The average Bonchev–Trinajstić information content (AvgIpc) is 2.87. The molecule has 0 saturated heterocycles. The Balaban J connectivity index is 1.89. The van der Waals surface area contributed by atoms with Gasteiger partial charge in [0.2, 0.25) is 0 Å². The number of benzene rings is 1. The molecule has 1 aliphatic rings. The topological polar surface area (TPSA) is 12.0 Å². The lowest BCUT2D eigenvalue weighted by molar-refractivity contribution is 0.151. The van der Waals surface area contributed by atoms with Crippen molar-refractivity contribution < 1.29 is 8.78 Å². The van der Waals surface area contributed by atoms with Crippen LogP contribution in [0.3, 0.4) is 0 Å². The Bertz CT molecular complexity index is 437. The van der Waals surface area contributed by atoms with E-state index in [-0.39, 0.29) is 5.56 Å². The Morgan fingerprint density at radius 3 is 2.52 bits per heavy atom. The van der Waals surface area contributed by atoms with Crippen LogP contribution in [0.25, 0.3) is 0 Å². The van der Waals surface area contributed by atoms with Crippen LogP contribution in [0.1, 0.15) is 63.5 Å². The molecule has 0 heterocycles. The van der Waals surface area contributed by atoms with E-state index >= 15 is 0 Å². The largest absolute Gasteiger partial charge is 0.312 e. The zero-order chi connectivity index (χ0) is 15.3. The second kappa shape index (κ2) is 7.35. The summed E-state index contributed by atoms with van der Waals surface area (Å²) in [4.78, 5) is 0. The van der Waals surface area contributed by atoms with Crippen molar-refractivity contribution in [2.24, 2.45) is 11.3 Å². The molecule has 1 saturated carbocycles. The standard InChI is InChI=1S/C18H27F2N/c1-14(2)11-18(8-3-4-9-18)13-21-12-15-6-5-7-16(10-15)17(19)20/h5-7,10,14,17,21H,3-4,8-9,11-13H2,1-2H3. The van der Waals surface area contributed by atoms with E-state index < -0.39 is 6.43 Å². The molecular formula is C18H27F2N. The van der Waals surface area contributed by atoms with Gasteiger partial charge in [-0.2, -0.15) is 0 Å². The van der Waals surface area contributed by atoms with Crippen molar-refractivity contribution in [3.05, 3.63) is 35.4 Å². The highest BCUT2D eigenvalue weighted by atomic mass is 19.3. The van der Waals surface area contributed by atoms with Gasteiger partial charge in [0.25, 0.3) is 6.43 Å². The van der Waals surface area contributed by atoms with Crippen LogP contribution in [0.4, 0.5) is 8.78 Å². The highest BCUT2D eigenvalue weighted by Gasteiger charge is 2.33. The molecule has 1 aromatic carbocycles. The Kier molecular flexibility index (Phi) is 5.74. The van der Waals surface area contributed by atoms with Crippen LogP contribution in [0.2, 0.25) is 0 Å². The number of hydrogen-bond acceptors (Lipinski definition) is 1. The van der Waals surface area contributed by atoms with E-state index in [9.17, 15) is 8.78 Å². The van der Waals surface area contributed by atoms with Crippen LogP contribution < -0.4 is 5.32 Å². The third kappa shape index (κ3) is 4.77. The number of hydrogen-bond donors (Lipinski definition) is 1. The average molecular weight is 295 g/mol. The predicted octanol–water partition coefficient (Wildman–Crippen LogP) is 5.32. The highest BCUT2D eigenvalue weighted by molar-refractivity contribution is 5.24. The maximum atomic E-state index is 12.7. The molecule has 0 spiro atoms. The van der Waals surface area contributed by atoms with Crippen molar-refractivity contribution >= 4 is 0 Å². The van der Waals surface area contributed by atoms with Crippen LogP contribution in [-0.2, 0) is 6.54 Å². The summed E-state index contributed by atoms with van der Waals surface area (Å²) in [6.45, 7) is 6.25. The normalized spacial score (nSPS) is 17.8. The van der Waals surface area contributed by atoms with Crippen LogP contribution in [0.5, 0.6) is 0 Å². The number of nitrogens with one attached hydrogen (secondary N) is 1. The van der Waals surface area contributed by atoms with Crippen molar-refractivity contribution in [1.82, 2.24) is 5.32 Å². The molecule has 118 valence electrons. The minimum atomic E-state index is -2.38. The molecule has 0 aliphatic heterocycles. The molecule has 0 bridgehead atoms. The summed E-state index contributed by atoms with van der Waals surface area (Å²) in [5.41, 5.74) is 1.49. The molecule has 2 rings (SSSR count). The van der Waals surface area contributed by atoms with Gasteiger partial charge in [-0.25, -0.2) is 8.78 Å². The van der Waals surface area contributed by atoms with Gasteiger partial charge < -0.3 is 5.32 Å². The van der Waals surface area contributed by atoms with E-state index in [2.05, 4.69) is 19.2 Å². The van der Waals surface area contributed by atoms with Crippen molar-refractivity contribution in [1.29, 1.82) is 0 Å². The zero-order valence-corrected chi connectivity index (χ0v) is 13.2. The Morgan fingerprint density at radius 1 is 1.19 bits per heavy atom. The first-order valence-electron chi connectivity index (χ1n) is 8.08. The molecule has 3 heteroatoms. The molecule has 1 aromatic rings. The predicted molar refractivity (Wildman–Crippen MR) is 83.5 cm³/mol. The van der Waals surface area contributed by atoms with Crippen molar-refractivity contribution in [3.63, 3.8) is 0 Å². The maximum absolute atomic E-state index is 12.7. The first kappa shape index (κ1) is 16.4. The summed E-state index contributed by atoms with van der Waals surface area (Å²) in [6.07, 6.45) is 4.14. The van der Waals surface area contributed by atoms with Gasteiger partial charge in [0.1, 0.15) is 0 Å². The molecule has 1 N–H and O–H groups in total. The first-order chi connectivity index (χ1) is 10.0. The van der Waals surface area contributed by atoms with E-state index in [1.807, 2.05) is 6.07 Å². The highest BCUT2D eigenvalue weighted by Crippen LogP contribution is 2.42. The minimum absolute atomic E-state index is 0.118. The lowest BCUT2D eigenvalue weighted by atomic mass is 9.78. The van der Waals surface area contributed by atoms with Gasteiger partial charge in [-0.05, 0) is 42.2 Å². The smallest absolute Gasteiger partial charge is 0.263 e. The first-order valence-corrected chi connectivity index (χ1v) is 8.08. The molecule has 0 aromatic heterocycles. The van der Waals surface area contributed by atoms with Gasteiger partial charge in [-0.1, -0.05) is 44.9 Å². The van der Waals surface area contributed by atoms with Gasteiger partial charge in [0.05, 0.1) is 0 Å². The number of rotatable bonds is 7. The van der Waals surface area contributed by atoms with E-state index in [0.29, 0.717) is 17.9 Å². The second-order valence-electron chi connectivity index (χ2n) is 6.95. The lowest BCUT2D eigenvalue weighted by Gasteiger charge is -2.31. The van der Waals surface area contributed by atoms with E-state index in [1.165, 1.54) is 38.2 Å². The SMILES string of the molecule is CC(C)CC1(CNCc2cccc(C(F)F)c2)CCCC1. The summed E-state index contributed by atoms with van der Waals surface area (Å²) >= 11 is 0. The van der Waals surface area contributed by atoms with Crippen LogP contribution in [0.15, 0.2) is 24.3 Å². The summed E-state index contributed by atoms with van der Waals surface area (Å²) in [5, 5.41) is 3.51. The Morgan fingerprint density at radius 2 is 1.90 bits per heavy atom. The Labute approximate surface area is 127 Å². The van der Waals surface area contributed by atoms with Crippen LogP contribution in [0, 0.1) is 11.3 Å². The monoisotopic (exact) mass is 295 g/mol. The molecule has 21 heavy (non-hydrogen) atoms. The van der Waals surface area contributed by atoms with Gasteiger partial charge in [-0.15, -0.1) is 0 Å². The fraction of sp³-hybridized carbons (Fsp3) is 0.667. The van der Waals surface area contributed by atoms with Crippen molar-refractivity contribution in [2.45, 2.75) is 58.9 Å². The summed E-state index contributed by atoms with van der Waals surface area (Å²) < 4.78 is 25.4. The number of halogens is 2. The van der Waals surface area contributed by atoms with Gasteiger partial charge in [0.15, 0.2) is 0 Å². The third-order valence-electron chi connectivity index (χ3n) is 4.54. The molecular weight excluding hydrogens is 268 g/mol. The molecule has 0 amide bonds. The van der Waals surface area contributed by atoms with E-state index in [4.69, 9.17) is 0 Å². The maximum Gasteiger partial charge on any atom is 0.263 e.